The summed E-state index contributed by atoms with van der Waals surface area (Å²) in [5.74, 6) is 2.88. The Bertz CT molecular complexity index is 621. The molecule has 1 heteroatoms. The second-order valence-corrected chi connectivity index (χ2v) is 9.61. The van der Waals surface area contributed by atoms with E-state index < -0.39 is 0 Å². The number of unbranched alkanes of at least 4 members (excludes halogenated alkanes) is 3. The first-order valence-electron chi connectivity index (χ1n) is 12.1. The maximum atomic E-state index is 13.7. The molecule has 28 heavy (non-hydrogen) atoms. The molecule has 2 aliphatic rings. The highest BCUT2D eigenvalue weighted by Gasteiger charge is 2.28. The van der Waals surface area contributed by atoms with Gasteiger partial charge in [0.25, 0.3) is 0 Å². The molecule has 1 atom stereocenters. The van der Waals surface area contributed by atoms with Crippen molar-refractivity contribution in [2.75, 3.05) is 0 Å². The molecule has 2 aliphatic carbocycles. The standard InChI is InChI=1S/C27H41F/c1-3-4-5-6-7-22-12-16-25(17-13-22)26-18-14-23(15-19-26)10-11-24-9-8-21(2)27(28)20-24/h8-9,14,20,22,25-26H,3-7,10-13,15-19H2,1-2H3/t22-,25-,26?. The maximum absolute atomic E-state index is 13.7. The van der Waals surface area contributed by atoms with Crippen LogP contribution in [0.1, 0.15) is 102 Å². The molecule has 0 aromatic heterocycles. The van der Waals surface area contributed by atoms with Crippen LogP contribution in [0.4, 0.5) is 4.39 Å². The molecule has 0 N–H and O–H groups in total. The number of benzene rings is 1. The molecule has 0 amide bonds. The zero-order valence-corrected chi connectivity index (χ0v) is 18.3. The van der Waals surface area contributed by atoms with Crippen molar-refractivity contribution in [3.05, 3.63) is 46.8 Å². The van der Waals surface area contributed by atoms with Crippen molar-refractivity contribution in [2.45, 2.75) is 104 Å². The van der Waals surface area contributed by atoms with Gasteiger partial charge in [0.2, 0.25) is 0 Å². The predicted molar refractivity (Wildman–Crippen MR) is 119 cm³/mol. The number of hydrogen-bond acceptors (Lipinski definition) is 0. The van der Waals surface area contributed by atoms with Gasteiger partial charge in [-0.15, -0.1) is 0 Å². The van der Waals surface area contributed by atoms with Gasteiger partial charge in [0.1, 0.15) is 5.82 Å². The van der Waals surface area contributed by atoms with E-state index in [2.05, 4.69) is 19.1 Å². The van der Waals surface area contributed by atoms with Crippen molar-refractivity contribution < 1.29 is 4.39 Å². The number of hydrogen-bond donors (Lipinski definition) is 0. The SMILES string of the molecule is CCCCCC[C@H]1CC[C@H](C2CC=C(CCc3ccc(C)c(F)c3)CC2)CC1. The van der Waals surface area contributed by atoms with E-state index in [-0.39, 0.29) is 5.82 Å². The van der Waals surface area contributed by atoms with E-state index >= 15 is 0 Å². The largest absolute Gasteiger partial charge is 0.207 e. The lowest BCUT2D eigenvalue weighted by atomic mass is 9.70. The smallest absolute Gasteiger partial charge is 0.126 e. The molecule has 0 aliphatic heterocycles. The van der Waals surface area contributed by atoms with E-state index in [9.17, 15) is 4.39 Å². The maximum Gasteiger partial charge on any atom is 0.126 e. The first-order chi connectivity index (χ1) is 13.7. The van der Waals surface area contributed by atoms with E-state index in [1.54, 1.807) is 11.6 Å². The van der Waals surface area contributed by atoms with Crippen LogP contribution in [0.25, 0.3) is 0 Å². The Kier molecular flexibility index (Phi) is 8.62. The summed E-state index contributed by atoms with van der Waals surface area (Å²) >= 11 is 0. The summed E-state index contributed by atoms with van der Waals surface area (Å²) in [5, 5.41) is 0. The van der Waals surface area contributed by atoms with Gasteiger partial charge < -0.3 is 0 Å². The van der Waals surface area contributed by atoms with Crippen molar-refractivity contribution in [3.63, 3.8) is 0 Å². The molecule has 1 saturated carbocycles. The zero-order valence-electron chi connectivity index (χ0n) is 18.3. The van der Waals surface area contributed by atoms with Crippen LogP contribution in [0, 0.1) is 30.5 Å². The summed E-state index contributed by atoms with van der Waals surface area (Å²) in [6.45, 7) is 4.14. The lowest BCUT2D eigenvalue weighted by Gasteiger charge is -2.35. The highest BCUT2D eigenvalue weighted by molar-refractivity contribution is 5.24. The van der Waals surface area contributed by atoms with Crippen molar-refractivity contribution in [1.82, 2.24) is 0 Å². The molecule has 156 valence electrons. The molecule has 0 bridgehead atoms. The summed E-state index contributed by atoms with van der Waals surface area (Å²) < 4.78 is 13.7. The molecule has 0 radical (unpaired) electrons. The van der Waals surface area contributed by atoms with Gasteiger partial charge in [-0.05, 0) is 86.8 Å². The van der Waals surface area contributed by atoms with Crippen molar-refractivity contribution in [1.29, 1.82) is 0 Å². The number of aryl methyl sites for hydroxylation is 2. The molecule has 1 aromatic carbocycles. The Hall–Kier alpha value is -1.11. The minimum Gasteiger partial charge on any atom is -0.207 e. The van der Waals surface area contributed by atoms with E-state index in [1.165, 1.54) is 77.0 Å². The Morgan fingerprint density at radius 3 is 2.43 bits per heavy atom. The van der Waals surface area contributed by atoms with Gasteiger partial charge in [0, 0.05) is 0 Å². The summed E-state index contributed by atoms with van der Waals surface area (Å²) in [6.07, 6.45) is 21.7. The topological polar surface area (TPSA) is 0 Å². The molecule has 1 fully saturated rings. The third kappa shape index (κ3) is 6.46. The minimum atomic E-state index is -0.0591. The normalized spacial score (nSPS) is 25.5. The monoisotopic (exact) mass is 384 g/mol. The molecule has 0 nitrogen and oxygen atoms in total. The summed E-state index contributed by atoms with van der Waals surface area (Å²) in [4.78, 5) is 0. The Morgan fingerprint density at radius 2 is 1.75 bits per heavy atom. The highest BCUT2D eigenvalue weighted by Crippen LogP contribution is 2.41. The van der Waals surface area contributed by atoms with Crippen LogP contribution in [0.2, 0.25) is 0 Å². The molecule has 1 unspecified atom stereocenters. The van der Waals surface area contributed by atoms with Gasteiger partial charge in [0.05, 0.1) is 0 Å². The molecule has 1 aromatic rings. The number of allylic oxidation sites excluding steroid dienone is 2. The number of rotatable bonds is 9. The fraction of sp³-hybridized carbons (Fsp3) is 0.704. The van der Waals surface area contributed by atoms with Gasteiger partial charge in [-0.1, -0.05) is 75.7 Å². The third-order valence-electron chi connectivity index (χ3n) is 7.54. The lowest BCUT2D eigenvalue weighted by molar-refractivity contribution is 0.185. The third-order valence-corrected chi connectivity index (χ3v) is 7.54. The Labute approximate surface area is 173 Å². The summed E-state index contributed by atoms with van der Waals surface area (Å²) in [7, 11) is 0. The van der Waals surface area contributed by atoms with E-state index in [0.717, 1.165) is 41.7 Å². The lowest BCUT2D eigenvalue weighted by Crippen LogP contribution is -2.23. The Morgan fingerprint density at radius 1 is 0.929 bits per heavy atom. The molecule has 0 saturated heterocycles. The van der Waals surface area contributed by atoms with Crippen molar-refractivity contribution in [3.8, 4) is 0 Å². The van der Waals surface area contributed by atoms with Gasteiger partial charge in [-0.3, -0.25) is 0 Å². The summed E-state index contributed by atoms with van der Waals surface area (Å²) in [5.41, 5.74) is 3.50. The zero-order chi connectivity index (χ0) is 19.8. The fourth-order valence-electron chi connectivity index (χ4n) is 5.47. The molecular weight excluding hydrogens is 343 g/mol. The quantitative estimate of drug-likeness (QED) is 0.295. The summed E-state index contributed by atoms with van der Waals surface area (Å²) in [6, 6.07) is 5.73. The van der Waals surface area contributed by atoms with Gasteiger partial charge in [-0.2, -0.15) is 0 Å². The molecule has 0 spiro atoms. The van der Waals surface area contributed by atoms with E-state index in [0.29, 0.717) is 0 Å². The van der Waals surface area contributed by atoms with Crippen LogP contribution in [-0.4, -0.2) is 0 Å². The highest BCUT2D eigenvalue weighted by atomic mass is 19.1. The van der Waals surface area contributed by atoms with E-state index in [4.69, 9.17) is 0 Å². The average Bonchev–Trinajstić information content (AvgIpc) is 2.73. The van der Waals surface area contributed by atoms with Gasteiger partial charge in [0.15, 0.2) is 0 Å². The fourth-order valence-corrected chi connectivity index (χ4v) is 5.47. The van der Waals surface area contributed by atoms with Crippen molar-refractivity contribution >= 4 is 0 Å². The Balaban J connectivity index is 1.36. The van der Waals surface area contributed by atoms with Gasteiger partial charge >= 0.3 is 0 Å². The first kappa shape index (κ1) is 21.6. The average molecular weight is 385 g/mol. The van der Waals surface area contributed by atoms with Crippen LogP contribution in [0.15, 0.2) is 29.8 Å². The van der Waals surface area contributed by atoms with E-state index in [1.807, 2.05) is 13.0 Å². The molecule has 3 rings (SSSR count). The van der Waals surface area contributed by atoms with Crippen LogP contribution < -0.4 is 0 Å². The first-order valence-corrected chi connectivity index (χ1v) is 12.1. The van der Waals surface area contributed by atoms with Crippen LogP contribution in [-0.2, 0) is 6.42 Å². The molecule has 0 heterocycles. The predicted octanol–water partition coefficient (Wildman–Crippen LogP) is 8.57. The van der Waals surface area contributed by atoms with Crippen LogP contribution in [0.5, 0.6) is 0 Å². The second kappa shape index (κ2) is 11.2. The van der Waals surface area contributed by atoms with Gasteiger partial charge in [-0.25, -0.2) is 4.39 Å². The van der Waals surface area contributed by atoms with Crippen LogP contribution >= 0.6 is 0 Å². The van der Waals surface area contributed by atoms with Crippen LogP contribution in [0.3, 0.4) is 0 Å². The minimum absolute atomic E-state index is 0.0591. The molecular formula is C27H41F. The number of halogens is 1. The second-order valence-electron chi connectivity index (χ2n) is 9.61. The van der Waals surface area contributed by atoms with Crippen molar-refractivity contribution in [2.24, 2.45) is 17.8 Å².